The van der Waals surface area contributed by atoms with Gasteiger partial charge in [0.1, 0.15) is 12.6 Å². The highest BCUT2D eigenvalue weighted by Crippen LogP contribution is 2.19. The molecule has 94 valence electrons. The lowest BCUT2D eigenvalue weighted by Gasteiger charge is -2.28. The molecule has 1 rings (SSSR count). The van der Waals surface area contributed by atoms with Crippen molar-refractivity contribution in [2.24, 2.45) is 5.92 Å². The van der Waals surface area contributed by atoms with Crippen LogP contribution in [0.4, 0.5) is 0 Å². The summed E-state index contributed by atoms with van der Waals surface area (Å²) in [6.07, 6.45) is 7.77. The van der Waals surface area contributed by atoms with Gasteiger partial charge in [0, 0.05) is 6.54 Å². The summed E-state index contributed by atoms with van der Waals surface area (Å²) in [5.41, 5.74) is 1.91. The molecule has 3 nitrogen and oxygen atoms in total. The van der Waals surface area contributed by atoms with Crippen molar-refractivity contribution in [1.82, 2.24) is 4.90 Å². The largest absolute Gasteiger partial charge is 0.302 e. The van der Waals surface area contributed by atoms with Crippen LogP contribution in [0.25, 0.3) is 0 Å². The zero-order valence-corrected chi connectivity index (χ0v) is 10.8. The first-order valence-electron chi connectivity index (χ1n) is 6.09. The smallest absolute Gasteiger partial charge is 0.146 e. The third-order valence-electron chi connectivity index (χ3n) is 3.21. The molecule has 0 aromatic rings. The molecule has 0 N–H and O–H groups in total. The van der Waals surface area contributed by atoms with Crippen LogP contribution in [0.15, 0.2) is 23.3 Å². The van der Waals surface area contributed by atoms with Gasteiger partial charge < -0.3 is 4.79 Å². The van der Waals surface area contributed by atoms with Crippen LogP contribution in [0.5, 0.6) is 0 Å². The predicted molar refractivity (Wildman–Crippen MR) is 68.8 cm³/mol. The summed E-state index contributed by atoms with van der Waals surface area (Å²) in [6.45, 7) is 4.72. The first-order valence-corrected chi connectivity index (χ1v) is 6.09. The molecule has 1 unspecified atom stereocenters. The van der Waals surface area contributed by atoms with Gasteiger partial charge in [-0.3, -0.25) is 9.69 Å². The molecule has 0 fully saturated rings. The van der Waals surface area contributed by atoms with Gasteiger partial charge in [-0.15, -0.1) is 0 Å². The normalized spacial score (nSPS) is 17.7. The van der Waals surface area contributed by atoms with Gasteiger partial charge in [-0.05, 0) is 37.0 Å². The fourth-order valence-electron chi connectivity index (χ4n) is 2.16. The van der Waals surface area contributed by atoms with Gasteiger partial charge in [0.15, 0.2) is 0 Å². The van der Waals surface area contributed by atoms with E-state index in [0.29, 0.717) is 6.54 Å². The van der Waals surface area contributed by atoms with Gasteiger partial charge in [-0.25, -0.2) is 0 Å². The molecule has 1 aliphatic carbocycles. The number of hydrogen-bond acceptors (Lipinski definition) is 3. The van der Waals surface area contributed by atoms with E-state index in [-0.39, 0.29) is 12.0 Å². The molecule has 1 aliphatic rings. The summed E-state index contributed by atoms with van der Waals surface area (Å²) in [7, 11) is 1.93. The van der Waals surface area contributed by atoms with E-state index in [0.717, 1.165) is 36.6 Å². The van der Waals surface area contributed by atoms with Crippen molar-refractivity contribution >= 4 is 12.6 Å². The van der Waals surface area contributed by atoms with E-state index in [1.165, 1.54) is 0 Å². The van der Waals surface area contributed by atoms with Gasteiger partial charge in [-0.2, -0.15) is 0 Å². The van der Waals surface area contributed by atoms with Gasteiger partial charge in [0.05, 0.1) is 6.04 Å². The molecule has 0 aromatic carbocycles. The van der Waals surface area contributed by atoms with Gasteiger partial charge in [0.2, 0.25) is 0 Å². The Bertz CT molecular complexity index is 342. The van der Waals surface area contributed by atoms with Crippen LogP contribution >= 0.6 is 0 Å². The zero-order valence-electron chi connectivity index (χ0n) is 10.8. The van der Waals surface area contributed by atoms with Crippen molar-refractivity contribution in [3.8, 4) is 0 Å². The monoisotopic (exact) mass is 235 g/mol. The number of likely N-dealkylation sites (N-methyl/N-ethyl adjacent to an activating group) is 1. The van der Waals surface area contributed by atoms with Crippen molar-refractivity contribution < 1.29 is 9.59 Å². The van der Waals surface area contributed by atoms with E-state index in [9.17, 15) is 9.59 Å². The second-order valence-corrected chi connectivity index (χ2v) is 4.90. The van der Waals surface area contributed by atoms with Crippen LogP contribution in [-0.2, 0) is 9.59 Å². The topological polar surface area (TPSA) is 37.4 Å². The van der Waals surface area contributed by atoms with Crippen LogP contribution in [-0.4, -0.2) is 37.1 Å². The van der Waals surface area contributed by atoms with E-state index in [1.807, 2.05) is 31.9 Å². The average Bonchev–Trinajstić information content (AvgIpc) is 2.30. The van der Waals surface area contributed by atoms with Crippen molar-refractivity contribution in [2.75, 3.05) is 13.6 Å². The Labute approximate surface area is 103 Å². The summed E-state index contributed by atoms with van der Waals surface area (Å²) < 4.78 is 0. The summed E-state index contributed by atoms with van der Waals surface area (Å²) in [4.78, 5) is 24.0. The molecular weight excluding hydrogens is 214 g/mol. The maximum Gasteiger partial charge on any atom is 0.146 e. The molecular formula is C14H21NO2. The lowest BCUT2D eigenvalue weighted by Crippen LogP contribution is -2.38. The van der Waals surface area contributed by atoms with Crippen LogP contribution in [0.1, 0.15) is 26.7 Å². The molecule has 0 saturated carbocycles. The van der Waals surface area contributed by atoms with Crippen molar-refractivity contribution in [3.05, 3.63) is 23.3 Å². The van der Waals surface area contributed by atoms with Crippen molar-refractivity contribution in [2.45, 2.75) is 32.7 Å². The van der Waals surface area contributed by atoms with E-state index >= 15 is 0 Å². The Hall–Kier alpha value is -1.22. The number of nitrogens with zero attached hydrogens (tertiary/aromatic N) is 1. The molecule has 0 radical (unpaired) electrons. The van der Waals surface area contributed by atoms with Crippen LogP contribution in [0.2, 0.25) is 0 Å². The molecule has 0 bridgehead atoms. The van der Waals surface area contributed by atoms with Crippen molar-refractivity contribution in [1.29, 1.82) is 0 Å². The lowest BCUT2D eigenvalue weighted by atomic mass is 9.97. The molecule has 0 heterocycles. The average molecular weight is 235 g/mol. The highest BCUT2D eigenvalue weighted by molar-refractivity contribution is 5.76. The molecule has 0 amide bonds. The lowest BCUT2D eigenvalue weighted by molar-refractivity contribution is -0.113. The zero-order chi connectivity index (χ0) is 12.8. The number of allylic oxidation sites excluding steroid dienone is 2. The standard InChI is InChI=1S/C14H21NO2/c1-11(2)14(10-17)15(3)8-12-6-4-5-7-13(12)9-16/h4,6,9-11,14H,5,7-8H2,1-3H3. The fraction of sp³-hybridized carbons (Fsp3) is 0.571. The molecule has 0 spiro atoms. The quantitative estimate of drug-likeness (QED) is 0.661. The molecule has 3 heteroatoms. The SMILES string of the molecule is CC(C)C(C=O)N(C)CC1=C(C=O)CCC=C1. The third kappa shape index (κ3) is 3.63. The summed E-state index contributed by atoms with van der Waals surface area (Å²) in [6, 6.07) is -0.0919. The van der Waals surface area contributed by atoms with Crippen LogP contribution in [0.3, 0.4) is 0 Å². The van der Waals surface area contributed by atoms with E-state index < -0.39 is 0 Å². The van der Waals surface area contributed by atoms with Gasteiger partial charge in [-0.1, -0.05) is 26.0 Å². The first kappa shape index (κ1) is 13.8. The van der Waals surface area contributed by atoms with E-state index in [4.69, 9.17) is 0 Å². The maximum atomic E-state index is 11.0. The third-order valence-corrected chi connectivity index (χ3v) is 3.21. The van der Waals surface area contributed by atoms with Gasteiger partial charge >= 0.3 is 0 Å². The summed E-state index contributed by atoms with van der Waals surface area (Å²) >= 11 is 0. The Morgan fingerprint density at radius 2 is 2.12 bits per heavy atom. The second kappa shape index (κ2) is 6.50. The minimum Gasteiger partial charge on any atom is -0.302 e. The Balaban J connectivity index is 2.76. The molecule has 0 saturated heterocycles. The van der Waals surface area contributed by atoms with E-state index in [1.54, 1.807) is 0 Å². The first-order chi connectivity index (χ1) is 8.10. The maximum absolute atomic E-state index is 11.0. The second-order valence-electron chi connectivity index (χ2n) is 4.90. The number of hydrogen-bond donors (Lipinski definition) is 0. The molecule has 17 heavy (non-hydrogen) atoms. The number of rotatable bonds is 6. The van der Waals surface area contributed by atoms with Crippen molar-refractivity contribution in [3.63, 3.8) is 0 Å². The minimum atomic E-state index is -0.0919. The highest BCUT2D eigenvalue weighted by Gasteiger charge is 2.19. The molecule has 1 atom stereocenters. The number of aldehydes is 2. The predicted octanol–water partition coefficient (Wildman–Crippen LogP) is 1.99. The minimum absolute atomic E-state index is 0.0919. The Morgan fingerprint density at radius 3 is 2.65 bits per heavy atom. The number of carbonyl (C=O) groups excluding carboxylic acids is 2. The van der Waals surface area contributed by atoms with E-state index in [2.05, 4.69) is 6.08 Å². The van der Waals surface area contributed by atoms with Gasteiger partial charge in [0.25, 0.3) is 0 Å². The number of carbonyl (C=O) groups is 2. The Kier molecular flexibility index (Phi) is 5.29. The highest BCUT2D eigenvalue weighted by atomic mass is 16.1. The molecule has 0 aliphatic heterocycles. The fourth-order valence-corrected chi connectivity index (χ4v) is 2.16. The Morgan fingerprint density at radius 1 is 1.41 bits per heavy atom. The van der Waals surface area contributed by atoms with Crippen LogP contribution in [0, 0.1) is 5.92 Å². The molecule has 0 aromatic heterocycles. The van der Waals surface area contributed by atoms with Crippen LogP contribution < -0.4 is 0 Å². The summed E-state index contributed by atoms with van der Waals surface area (Å²) in [5.74, 6) is 0.283. The summed E-state index contributed by atoms with van der Waals surface area (Å²) in [5, 5.41) is 0.